The highest BCUT2D eigenvalue weighted by molar-refractivity contribution is 6.32. The molecular weight excluding hydrogens is 392 g/mol. The molecule has 0 aromatic heterocycles. The van der Waals surface area contributed by atoms with Gasteiger partial charge in [-0.1, -0.05) is 11.2 Å². The maximum absolute atomic E-state index is 13.2. The minimum absolute atomic E-state index is 0.299. The molecule has 0 bridgehead atoms. The number of rotatable bonds is 5. The largest absolute Gasteiger partial charge is 0.493 e. The smallest absolute Gasteiger partial charge is 0.308 e. The third-order valence-electron chi connectivity index (χ3n) is 4.85. The molecule has 0 N–H and O–H groups in total. The van der Waals surface area contributed by atoms with E-state index in [0.29, 0.717) is 34.2 Å². The van der Waals surface area contributed by atoms with E-state index in [1.165, 1.54) is 45.4 Å². The summed E-state index contributed by atoms with van der Waals surface area (Å²) in [5.41, 5.74) is 1.15. The second-order valence-electron chi connectivity index (χ2n) is 6.62. The molecule has 9 nitrogen and oxygen atoms in total. The van der Waals surface area contributed by atoms with Crippen molar-refractivity contribution in [3.05, 3.63) is 48.0 Å². The van der Waals surface area contributed by atoms with Gasteiger partial charge in [-0.2, -0.15) is 0 Å². The lowest BCUT2D eigenvalue weighted by Gasteiger charge is -2.17. The van der Waals surface area contributed by atoms with Gasteiger partial charge in [0.15, 0.2) is 11.5 Å². The molecule has 2 aliphatic rings. The first-order valence-corrected chi connectivity index (χ1v) is 9.07. The maximum atomic E-state index is 13.2. The van der Waals surface area contributed by atoms with Gasteiger partial charge in [0.05, 0.1) is 19.9 Å². The molecule has 2 aromatic carbocycles. The molecule has 2 heterocycles. The van der Waals surface area contributed by atoms with Crippen molar-refractivity contribution in [3.63, 3.8) is 0 Å². The SMILES string of the molecule is COc1cccc(C2=NOC3C(=O)N(c4ccc(OC(C)=O)cc4)C(=O)C23)c1OC. The zero-order valence-corrected chi connectivity index (χ0v) is 16.4. The highest BCUT2D eigenvalue weighted by Gasteiger charge is 2.56. The molecule has 30 heavy (non-hydrogen) atoms. The maximum Gasteiger partial charge on any atom is 0.308 e. The third kappa shape index (κ3) is 3.04. The number of nitrogens with zero attached hydrogens (tertiary/aromatic N) is 2. The fraction of sp³-hybridized carbons (Fsp3) is 0.238. The van der Waals surface area contributed by atoms with Gasteiger partial charge in [-0.05, 0) is 36.4 Å². The summed E-state index contributed by atoms with van der Waals surface area (Å²) in [6.07, 6.45) is -1.06. The second-order valence-corrected chi connectivity index (χ2v) is 6.62. The van der Waals surface area contributed by atoms with Crippen LogP contribution in [0.25, 0.3) is 0 Å². The standard InChI is InChI=1S/C21H18N2O7/c1-11(24)29-13-9-7-12(8-10-13)23-20(25)16-17(22-30-19(16)21(23)26)14-5-4-6-15(27-2)18(14)28-3/h4-10,16,19H,1-3H3. The summed E-state index contributed by atoms with van der Waals surface area (Å²) in [5, 5.41) is 4.01. The highest BCUT2D eigenvalue weighted by Crippen LogP contribution is 2.39. The molecule has 9 heteroatoms. The molecule has 1 saturated heterocycles. The van der Waals surface area contributed by atoms with Crippen molar-refractivity contribution in [3.8, 4) is 17.2 Å². The van der Waals surface area contributed by atoms with Gasteiger partial charge >= 0.3 is 5.97 Å². The Bertz CT molecular complexity index is 1060. The van der Waals surface area contributed by atoms with Crippen molar-refractivity contribution in [2.45, 2.75) is 13.0 Å². The first kappa shape index (κ1) is 19.4. The van der Waals surface area contributed by atoms with Crippen LogP contribution in [0.2, 0.25) is 0 Å². The summed E-state index contributed by atoms with van der Waals surface area (Å²) >= 11 is 0. The van der Waals surface area contributed by atoms with Gasteiger partial charge < -0.3 is 19.0 Å². The first-order valence-electron chi connectivity index (χ1n) is 9.07. The van der Waals surface area contributed by atoms with Crippen LogP contribution in [-0.2, 0) is 19.2 Å². The van der Waals surface area contributed by atoms with Gasteiger partial charge in [0.2, 0.25) is 12.0 Å². The molecule has 0 aliphatic carbocycles. The van der Waals surface area contributed by atoms with E-state index < -0.39 is 29.8 Å². The van der Waals surface area contributed by atoms with Crippen LogP contribution in [0, 0.1) is 5.92 Å². The summed E-state index contributed by atoms with van der Waals surface area (Å²) in [7, 11) is 2.98. The monoisotopic (exact) mass is 410 g/mol. The average Bonchev–Trinajstić information content (AvgIpc) is 3.28. The number of para-hydroxylation sites is 1. The molecule has 2 aromatic rings. The fourth-order valence-corrected chi connectivity index (χ4v) is 3.57. The summed E-state index contributed by atoms with van der Waals surface area (Å²) in [4.78, 5) is 43.5. The highest BCUT2D eigenvalue weighted by atomic mass is 16.7. The lowest BCUT2D eigenvalue weighted by molar-refractivity contribution is -0.132. The van der Waals surface area contributed by atoms with Crippen molar-refractivity contribution in [2.75, 3.05) is 19.1 Å². The minimum atomic E-state index is -1.06. The lowest BCUT2D eigenvalue weighted by Crippen LogP contribution is -2.33. The molecule has 154 valence electrons. The number of hydrogen-bond donors (Lipinski definition) is 0. The van der Waals surface area contributed by atoms with Gasteiger partial charge in [-0.15, -0.1) is 0 Å². The lowest BCUT2D eigenvalue weighted by atomic mass is 9.93. The van der Waals surface area contributed by atoms with Gasteiger partial charge in [0, 0.05) is 12.5 Å². The Hall–Kier alpha value is -3.88. The molecular formula is C21H18N2O7. The number of carbonyl (C=O) groups is 3. The summed E-state index contributed by atoms with van der Waals surface area (Å²) in [6.45, 7) is 1.29. The van der Waals surface area contributed by atoms with Crippen molar-refractivity contribution < 1.29 is 33.4 Å². The number of hydrogen-bond acceptors (Lipinski definition) is 8. The number of imide groups is 1. The average molecular weight is 410 g/mol. The molecule has 2 unspecified atom stereocenters. The van der Waals surface area contributed by atoms with Crippen LogP contribution in [-0.4, -0.2) is 43.8 Å². The molecule has 0 spiro atoms. The van der Waals surface area contributed by atoms with E-state index in [4.69, 9.17) is 19.0 Å². The predicted molar refractivity (Wildman–Crippen MR) is 105 cm³/mol. The van der Waals surface area contributed by atoms with Gasteiger partial charge in [0.1, 0.15) is 17.4 Å². The summed E-state index contributed by atoms with van der Waals surface area (Å²) < 4.78 is 15.7. The third-order valence-corrected chi connectivity index (χ3v) is 4.85. The molecule has 2 amide bonds. The van der Waals surface area contributed by atoms with Crippen molar-refractivity contribution in [1.82, 2.24) is 0 Å². The number of ether oxygens (including phenoxy) is 3. The molecule has 0 radical (unpaired) electrons. The van der Waals surface area contributed by atoms with E-state index in [9.17, 15) is 14.4 Å². The molecule has 4 rings (SSSR count). The van der Waals surface area contributed by atoms with Gasteiger partial charge in [-0.3, -0.25) is 14.4 Å². The van der Waals surface area contributed by atoms with Crippen molar-refractivity contribution in [1.29, 1.82) is 0 Å². The Kier molecular flexibility index (Phi) is 4.86. The second kappa shape index (κ2) is 7.51. The molecule has 1 fully saturated rings. The zero-order chi connectivity index (χ0) is 21.4. The number of anilines is 1. The number of fused-ring (bicyclic) bond motifs is 1. The van der Waals surface area contributed by atoms with Crippen LogP contribution in [0.4, 0.5) is 5.69 Å². The van der Waals surface area contributed by atoms with Crippen LogP contribution in [0.15, 0.2) is 47.6 Å². The van der Waals surface area contributed by atoms with E-state index in [1.54, 1.807) is 18.2 Å². The number of benzene rings is 2. The Morgan fingerprint density at radius 3 is 2.40 bits per heavy atom. The number of oxime groups is 1. The predicted octanol–water partition coefficient (Wildman–Crippen LogP) is 1.92. The number of amides is 2. The van der Waals surface area contributed by atoms with E-state index in [0.717, 1.165) is 4.90 Å². The van der Waals surface area contributed by atoms with E-state index >= 15 is 0 Å². The summed E-state index contributed by atoms with van der Waals surface area (Å²) in [6, 6.07) is 11.2. The first-order chi connectivity index (χ1) is 14.5. The van der Waals surface area contributed by atoms with E-state index in [2.05, 4.69) is 5.16 Å². The zero-order valence-electron chi connectivity index (χ0n) is 16.4. The van der Waals surface area contributed by atoms with Crippen LogP contribution in [0.3, 0.4) is 0 Å². The quantitative estimate of drug-likeness (QED) is 0.421. The number of esters is 1. The fourth-order valence-electron chi connectivity index (χ4n) is 3.57. The summed E-state index contributed by atoms with van der Waals surface area (Å²) in [5.74, 6) is -1.19. The van der Waals surface area contributed by atoms with Crippen LogP contribution in [0.1, 0.15) is 12.5 Å². The molecule has 0 saturated carbocycles. The van der Waals surface area contributed by atoms with Crippen molar-refractivity contribution in [2.24, 2.45) is 11.1 Å². The molecule has 2 aliphatic heterocycles. The van der Waals surface area contributed by atoms with E-state index in [-0.39, 0.29) is 0 Å². The van der Waals surface area contributed by atoms with Crippen LogP contribution in [0.5, 0.6) is 17.2 Å². The van der Waals surface area contributed by atoms with Gasteiger partial charge in [0.25, 0.3) is 5.91 Å². The topological polar surface area (TPSA) is 104 Å². The Morgan fingerprint density at radius 1 is 1.03 bits per heavy atom. The number of methoxy groups -OCH3 is 2. The van der Waals surface area contributed by atoms with Gasteiger partial charge in [-0.25, -0.2) is 4.90 Å². The van der Waals surface area contributed by atoms with E-state index in [1.807, 2.05) is 0 Å². The van der Waals surface area contributed by atoms with Crippen molar-refractivity contribution >= 4 is 29.2 Å². The number of carbonyl (C=O) groups excluding carboxylic acids is 3. The Labute approximate surface area is 171 Å². The normalized spacial score (nSPS) is 19.8. The molecule has 2 atom stereocenters. The van der Waals surface area contributed by atoms with Crippen LogP contribution < -0.4 is 19.1 Å². The Morgan fingerprint density at radius 2 is 1.77 bits per heavy atom. The van der Waals surface area contributed by atoms with Crippen LogP contribution >= 0.6 is 0 Å². The minimum Gasteiger partial charge on any atom is -0.493 e. The Balaban J connectivity index is 1.66.